The van der Waals surface area contributed by atoms with E-state index in [1.165, 1.54) is 4.68 Å². The summed E-state index contributed by atoms with van der Waals surface area (Å²) in [5.41, 5.74) is 3.19. The molecular weight excluding hydrogens is 610 g/mol. The highest BCUT2D eigenvalue weighted by Crippen LogP contribution is 2.42. The van der Waals surface area contributed by atoms with Gasteiger partial charge in [0.2, 0.25) is 0 Å². The maximum absolute atomic E-state index is 13.2. The SMILES string of the molecule is CCOc1cc(C=Nn2c(CC)nc3ccc(Br)cc3c2=O)c(Br)c(Cl)c1OCc1cccc(C)c1. The third kappa shape index (κ3) is 5.66. The molecular formula is C27H24Br2ClN3O3. The Kier molecular flexibility index (Phi) is 8.49. The number of rotatable bonds is 8. The minimum Gasteiger partial charge on any atom is -0.490 e. The van der Waals surface area contributed by atoms with E-state index in [2.05, 4.69) is 48.0 Å². The summed E-state index contributed by atoms with van der Waals surface area (Å²) in [6, 6.07) is 15.3. The average Bonchev–Trinajstić information content (AvgIpc) is 2.86. The number of hydrogen-bond acceptors (Lipinski definition) is 5. The van der Waals surface area contributed by atoms with Crippen molar-refractivity contribution in [2.75, 3.05) is 6.61 Å². The zero-order valence-corrected chi connectivity index (χ0v) is 23.9. The van der Waals surface area contributed by atoms with Crippen molar-refractivity contribution in [2.45, 2.75) is 33.8 Å². The number of halogens is 3. The van der Waals surface area contributed by atoms with Crippen molar-refractivity contribution < 1.29 is 9.47 Å². The highest BCUT2D eigenvalue weighted by molar-refractivity contribution is 9.10. The van der Waals surface area contributed by atoms with E-state index in [9.17, 15) is 4.79 Å². The van der Waals surface area contributed by atoms with Crippen LogP contribution in [0.3, 0.4) is 0 Å². The molecule has 0 atom stereocenters. The molecule has 0 amide bonds. The molecule has 4 aromatic rings. The van der Waals surface area contributed by atoms with E-state index >= 15 is 0 Å². The van der Waals surface area contributed by atoms with Crippen LogP contribution in [-0.4, -0.2) is 22.5 Å². The number of aromatic nitrogens is 2. The summed E-state index contributed by atoms with van der Waals surface area (Å²) in [7, 11) is 0. The fraction of sp³-hybridized carbons (Fsp3) is 0.222. The molecule has 0 N–H and O–H groups in total. The Labute approximate surface area is 231 Å². The van der Waals surface area contributed by atoms with Crippen LogP contribution in [0.5, 0.6) is 11.5 Å². The second kappa shape index (κ2) is 11.6. The topological polar surface area (TPSA) is 65.7 Å². The number of benzene rings is 3. The van der Waals surface area contributed by atoms with Crippen LogP contribution in [0.15, 0.2) is 67.4 Å². The normalized spacial score (nSPS) is 11.4. The van der Waals surface area contributed by atoms with Crippen LogP contribution < -0.4 is 15.0 Å². The largest absolute Gasteiger partial charge is 0.490 e. The molecule has 0 saturated carbocycles. The van der Waals surface area contributed by atoms with Crippen molar-refractivity contribution >= 4 is 60.6 Å². The first-order chi connectivity index (χ1) is 17.3. The van der Waals surface area contributed by atoms with E-state index in [4.69, 9.17) is 21.1 Å². The fourth-order valence-corrected chi connectivity index (χ4v) is 4.73. The lowest BCUT2D eigenvalue weighted by Crippen LogP contribution is -2.22. The van der Waals surface area contributed by atoms with Gasteiger partial charge in [-0.1, -0.05) is 64.3 Å². The average molecular weight is 634 g/mol. The van der Waals surface area contributed by atoms with Crippen molar-refractivity contribution in [1.29, 1.82) is 0 Å². The van der Waals surface area contributed by atoms with Crippen molar-refractivity contribution in [3.63, 3.8) is 0 Å². The molecule has 0 spiro atoms. The van der Waals surface area contributed by atoms with E-state index < -0.39 is 0 Å². The highest BCUT2D eigenvalue weighted by Gasteiger charge is 2.18. The molecule has 0 bridgehead atoms. The monoisotopic (exact) mass is 631 g/mol. The van der Waals surface area contributed by atoms with Gasteiger partial charge in [0.05, 0.1) is 23.7 Å². The van der Waals surface area contributed by atoms with Crippen LogP contribution in [0, 0.1) is 6.92 Å². The Balaban J connectivity index is 1.73. The lowest BCUT2D eigenvalue weighted by Gasteiger charge is -2.16. The molecule has 0 fully saturated rings. The molecule has 0 aliphatic carbocycles. The van der Waals surface area contributed by atoms with Gasteiger partial charge >= 0.3 is 0 Å². The molecule has 0 saturated heterocycles. The van der Waals surface area contributed by atoms with Gasteiger partial charge in [-0.2, -0.15) is 9.78 Å². The molecule has 36 heavy (non-hydrogen) atoms. The molecule has 186 valence electrons. The summed E-state index contributed by atoms with van der Waals surface area (Å²) in [6.07, 6.45) is 2.10. The summed E-state index contributed by atoms with van der Waals surface area (Å²) in [6.45, 7) is 6.62. The van der Waals surface area contributed by atoms with Gasteiger partial charge in [-0.15, -0.1) is 0 Å². The molecule has 4 rings (SSSR count). The van der Waals surface area contributed by atoms with Crippen LogP contribution in [-0.2, 0) is 13.0 Å². The standard InChI is InChI=1S/C27H24Br2ClN3O3/c1-4-23-32-21-10-9-19(28)13-20(21)27(34)33(23)31-14-18-12-22(35-5-2)26(25(30)24(18)29)36-15-17-8-6-7-16(3)11-17/h6-14H,4-5,15H2,1-3H3. The van der Waals surface area contributed by atoms with Gasteiger partial charge in [-0.3, -0.25) is 4.79 Å². The number of aryl methyl sites for hydroxylation is 2. The minimum absolute atomic E-state index is 0.250. The number of fused-ring (bicyclic) bond motifs is 1. The molecule has 1 aromatic heterocycles. The van der Waals surface area contributed by atoms with E-state index in [1.807, 2.05) is 51.1 Å². The summed E-state index contributed by atoms with van der Waals surface area (Å²) >= 11 is 13.7. The molecule has 3 aromatic carbocycles. The Morgan fingerprint density at radius 1 is 1.11 bits per heavy atom. The number of nitrogens with zero attached hydrogens (tertiary/aromatic N) is 3. The van der Waals surface area contributed by atoms with Crippen LogP contribution >= 0.6 is 43.5 Å². The number of hydrogen-bond donors (Lipinski definition) is 0. The van der Waals surface area contributed by atoms with Gasteiger partial charge in [0.25, 0.3) is 5.56 Å². The Morgan fingerprint density at radius 3 is 2.64 bits per heavy atom. The van der Waals surface area contributed by atoms with Crippen LogP contribution in [0.25, 0.3) is 10.9 Å². The first-order valence-corrected chi connectivity index (χ1v) is 13.4. The number of ether oxygens (including phenoxy) is 2. The fourth-order valence-electron chi connectivity index (χ4n) is 3.72. The van der Waals surface area contributed by atoms with Crippen LogP contribution in [0.1, 0.15) is 36.4 Å². The first kappa shape index (κ1) is 26.4. The van der Waals surface area contributed by atoms with Gasteiger partial charge in [0, 0.05) is 20.9 Å². The van der Waals surface area contributed by atoms with Gasteiger partial charge in [-0.25, -0.2) is 4.98 Å². The van der Waals surface area contributed by atoms with Gasteiger partial charge in [-0.05, 0) is 59.6 Å². The Hall–Kier alpha value is -2.68. The maximum Gasteiger partial charge on any atom is 0.282 e. The molecule has 9 heteroatoms. The zero-order chi connectivity index (χ0) is 25.8. The summed E-state index contributed by atoms with van der Waals surface area (Å²) in [5, 5.41) is 5.32. The van der Waals surface area contributed by atoms with E-state index in [1.54, 1.807) is 18.3 Å². The second-order valence-corrected chi connectivity index (χ2v) is 10.1. The van der Waals surface area contributed by atoms with E-state index in [0.29, 0.717) is 62.9 Å². The lowest BCUT2D eigenvalue weighted by atomic mass is 10.1. The molecule has 0 aliphatic rings. The lowest BCUT2D eigenvalue weighted by molar-refractivity contribution is 0.269. The summed E-state index contributed by atoms with van der Waals surface area (Å²) in [4.78, 5) is 17.8. The van der Waals surface area contributed by atoms with Crippen LogP contribution in [0.4, 0.5) is 0 Å². The first-order valence-electron chi connectivity index (χ1n) is 11.4. The predicted molar refractivity (Wildman–Crippen MR) is 152 cm³/mol. The van der Waals surface area contributed by atoms with Gasteiger partial charge in [0.15, 0.2) is 11.5 Å². The summed E-state index contributed by atoms with van der Waals surface area (Å²) in [5.74, 6) is 1.48. The van der Waals surface area contributed by atoms with Crippen molar-refractivity contribution in [2.24, 2.45) is 5.10 Å². The molecule has 0 aliphatic heterocycles. The van der Waals surface area contributed by atoms with Crippen molar-refractivity contribution in [1.82, 2.24) is 9.66 Å². The zero-order valence-electron chi connectivity index (χ0n) is 20.0. The third-order valence-electron chi connectivity index (χ3n) is 5.43. The van der Waals surface area contributed by atoms with Crippen molar-refractivity contribution in [3.8, 4) is 11.5 Å². The van der Waals surface area contributed by atoms with Gasteiger partial charge in [0.1, 0.15) is 17.5 Å². The predicted octanol–water partition coefficient (Wildman–Crippen LogP) is 7.31. The van der Waals surface area contributed by atoms with E-state index in [0.717, 1.165) is 15.6 Å². The molecule has 0 radical (unpaired) electrons. The van der Waals surface area contributed by atoms with E-state index in [-0.39, 0.29) is 5.56 Å². The Bertz CT molecular complexity index is 1520. The third-order valence-corrected chi connectivity index (χ3v) is 7.36. The van der Waals surface area contributed by atoms with Crippen molar-refractivity contribution in [3.05, 3.63) is 95.4 Å². The highest BCUT2D eigenvalue weighted by atomic mass is 79.9. The quantitative estimate of drug-likeness (QED) is 0.191. The maximum atomic E-state index is 13.2. The second-order valence-electron chi connectivity index (χ2n) is 8.04. The smallest absolute Gasteiger partial charge is 0.282 e. The summed E-state index contributed by atoms with van der Waals surface area (Å²) < 4.78 is 14.6. The molecule has 6 nitrogen and oxygen atoms in total. The van der Waals surface area contributed by atoms with Gasteiger partial charge < -0.3 is 9.47 Å². The molecule has 1 heterocycles. The minimum atomic E-state index is -0.250. The Morgan fingerprint density at radius 2 is 1.92 bits per heavy atom. The van der Waals surface area contributed by atoms with Crippen LogP contribution in [0.2, 0.25) is 5.02 Å². The molecule has 0 unspecified atom stereocenters.